The maximum atomic E-state index is 12.0. The number of amides is 2. The number of ether oxygens (including phenoxy) is 1. The summed E-state index contributed by atoms with van der Waals surface area (Å²) in [4.78, 5) is 24.0. The summed E-state index contributed by atoms with van der Waals surface area (Å²) in [5.74, 6) is -0.430. The Morgan fingerprint density at radius 1 is 1.38 bits per heavy atom. The molecule has 134 valence electrons. The van der Waals surface area contributed by atoms with Crippen molar-refractivity contribution in [2.75, 3.05) is 11.9 Å². The quantitative estimate of drug-likeness (QED) is 0.725. The van der Waals surface area contributed by atoms with Gasteiger partial charge in [-0.3, -0.25) is 9.59 Å². The Morgan fingerprint density at radius 3 is 2.75 bits per heavy atom. The Kier molecular flexibility index (Phi) is 8.18. The van der Waals surface area contributed by atoms with Gasteiger partial charge in [0, 0.05) is 30.8 Å². The minimum absolute atomic E-state index is 0. The zero-order valence-corrected chi connectivity index (χ0v) is 14.9. The van der Waals surface area contributed by atoms with Crippen molar-refractivity contribution in [3.63, 3.8) is 0 Å². The second-order valence-electron chi connectivity index (χ2n) is 6.06. The zero-order chi connectivity index (χ0) is 16.8. The van der Waals surface area contributed by atoms with E-state index in [1.54, 1.807) is 6.92 Å². The Bertz CT molecular complexity index is 560. The fraction of sp³-hybridized carbons (Fsp3) is 0.529. The van der Waals surface area contributed by atoms with Gasteiger partial charge in [-0.1, -0.05) is 19.1 Å². The van der Waals surface area contributed by atoms with Crippen LogP contribution in [0.25, 0.3) is 0 Å². The van der Waals surface area contributed by atoms with E-state index in [4.69, 9.17) is 10.5 Å². The molecule has 24 heavy (non-hydrogen) atoms. The van der Waals surface area contributed by atoms with Crippen LogP contribution >= 0.6 is 12.4 Å². The third kappa shape index (κ3) is 5.78. The molecule has 1 aromatic rings. The standard InChI is InChI=1S/C17H25N3O3.ClH/c1-11(12(2)18)16(21)19-10-13-5-3-6-14(9-13)20-17(22)15-7-4-8-23-15;/h3,5-6,9,11-12,15H,4,7-8,10,18H2,1-2H3,(H,19,21)(H,20,22);1H. The van der Waals surface area contributed by atoms with Crippen LogP contribution in [0.2, 0.25) is 0 Å². The third-order valence-electron chi connectivity index (χ3n) is 4.09. The van der Waals surface area contributed by atoms with Gasteiger partial charge in [0.25, 0.3) is 5.91 Å². The summed E-state index contributed by atoms with van der Waals surface area (Å²) in [5.41, 5.74) is 7.35. The van der Waals surface area contributed by atoms with Gasteiger partial charge in [-0.05, 0) is 37.5 Å². The Balaban J connectivity index is 0.00000288. The van der Waals surface area contributed by atoms with Crippen molar-refractivity contribution in [1.29, 1.82) is 0 Å². The number of rotatable bonds is 6. The number of nitrogens with two attached hydrogens (primary N) is 1. The number of halogens is 1. The van der Waals surface area contributed by atoms with E-state index >= 15 is 0 Å². The molecule has 0 aromatic heterocycles. The van der Waals surface area contributed by atoms with Gasteiger partial charge in [0.15, 0.2) is 0 Å². The lowest BCUT2D eigenvalue weighted by Gasteiger charge is -2.16. The SMILES string of the molecule is CC(N)C(C)C(=O)NCc1cccc(NC(=O)C2CCCO2)c1.Cl. The average molecular weight is 356 g/mol. The molecule has 3 unspecified atom stereocenters. The van der Waals surface area contributed by atoms with Crippen LogP contribution in [0.4, 0.5) is 5.69 Å². The zero-order valence-electron chi connectivity index (χ0n) is 14.1. The van der Waals surface area contributed by atoms with Crippen molar-refractivity contribution in [2.45, 2.75) is 45.4 Å². The Hall–Kier alpha value is -1.63. The molecule has 1 aliphatic rings. The van der Waals surface area contributed by atoms with Crippen LogP contribution in [0.5, 0.6) is 0 Å². The normalized spacial score (nSPS) is 19.0. The van der Waals surface area contributed by atoms with Crippen molar-refractivity contribution < 1.29 is 14.3 Å². The van der Waals surface area contributed by atoms with Crippen molar-refractivity contribution in [3.8, 4) is 0 Å². The van der Waals surface area contributed by atoms with E-state index in [2.05, 4.69) is 10.6 Å². The van der Waals surface area contributed by atoms with Gasteiger partial charge in [-0.15, -0.1) is 12.4 Å². The maximum Gasteiger partial charge on any atom is 0.253 e. The van der Waals surface area contributed by atoms with Gasteiger partial charge >= 0.3 is 0 Å². The highest BCUT2D eigenvalue weighted by molar-refractivity contribution is 5.94. The molecule has 1 heterocycles. The van der Waals surface area contributed by atoms with E-state index in [9.17, 15) is 9.59 Å². The van der Waals surface area contributed by atoms with Crippen molar-refractivity contribution >= 4 is 29.9 Å². The summed E-state index contributed by atoms with van der Waals surface area (Å²) >= 11 is 0. The Morgan fingerprint density at radius 2 is 2.12 bits per heavy atom. The number of nitrogens with one attached hydrogen (secondary N) is 2. The van der Waals surface area contributed by atoms with Crippen molar-refractivity contribution in [1.82, 2.24) is 5.32 Å². The van der Waals surface area contributed by atoms with Crippen molar-refractivity contribution in [2.24, 2.45) is 11.7 Å². The predicted octanol–water partition coefficient (Wildman–Crippen LogP) is 1.83. The van der Waals surface area contributed by atoms with Crippen LogP contribution in [0.15, 0.2) is 24.3 Å². The molecular weight excluding hydrogens is 330 g/mol. The largest absolute Gasteiger partial charge is 0.368 e. The van der Waals surface area contributed by atoms with Crippen LogP contribution in [-0.4, -0.2) is 30.6 Å². The van der Waals surface area contributed by atoms with Crippen LogP contribution in [0.3, 0.4) is 0 Å². The van der Waals surface area contributed by atoms with E-state index in [0.29, 0.717) is 18.8 Å². The predicted molar refractivity (Wildman–Crippen MR) is 96.0 cm³/mol. The lowest BCUT2D eigenvalue weighted by Crippen LogP contribution is -2.38. The number of carbonyl (C=O) groups excluding carboxylic acids is 2. The van der Waals surface area contributed by atoms with Gasteiger partial charge < -0.3 is 21.1 Å². The molecule has 1 aliphatic heterocycles. The molecule has 7 heteroatoms. The molecular formula is C17H26ClN3O3. The van der Waals surface area contributed by atoms with Crippen LogP contribution in [0.1, 0.15) is 32.3 Å². The first-order chi connectivity index (χ1) is 11.0. The van der Waals surface area contributed by atoms with E-state index < -0.39 is 0 Å². The average Bonchev–Trinajstić information content (AvgIpc) is 3.06. The van der Waals surface area contributed by atoms with E-state index in [1.165, 1.54) is 0 Å². The van der Waals surface area contributed by atoms with E-state index in [-0.39, 0.29) is 42.3 Å². The summed E-state index contributed by atoms with van der Waals surface area (Å²) in [6.07, 6.45) is 1.32. The highest BCUT2D eigenvalue weighted by Gasteiger charge is 2.23. The molecule has 0 saturated carbocycles. The molecule has 0 radical (unpaired) electrons. The molecule has 0 aliphatic carbocycles. The molecule has 3 atom stereocenters. The van der Waals surface area contributed by atoms with Crippen LogP contribution in [0, 0.1) is 5.92 Å². The molecule has 1 aromatic carbocycles. The van der Waals surface area contributed by atoms with Crippen LogP contribution in [-0.2, 0) is 20.9 Å². The topological polar surface area (TPSA) is 93.5 Å². The molecule has 1 fully saturated rings. The van der Waals surface area contributed by atoms with E-state index in [1.807, 2.05) is 31.2 Å². The Labute approximate surface area is 148 Å². The summed E-state index contributed by atoms with van der Waals surface area (Å²) < 4.78 is 5.36. The number of hydrogen-bond acceptors (Lipinski definition) is 4. The summed E-state index contributed by atoms with van der Waals surface area (Å²) in [5, 5.41) is 5.72. The molecule has 1 saturated heterocycles. The summed E-state index contributed by atoms with van der Waals surface area (Å²) in [7, 11) is 0. The fourth-order valence-electron chi connectivity index (χ4n) is 2.36. The number of carbonyl (C=O) groups is 2. The minimum Gasteiger partial charge on any atom is -0.368 e. The molecule has 6 nitrogen and oxygen atoms in total. The van der Waals surface area contributed by atoms with Gasteiger partial charge in [0.2, 0.25) is 5.91 Å². The second-order valence-corrected chi connectivity index (χ2v) is 6.06. The van der Waals surface area contributed by atoms with Gasteiger partial charge in [-0.2, -0.15) is 0 Å². The second kappa shape index (κ2) is 9.61. The lowest BCUT2D eigenvalue weighted by molar-refractivity contribution is -0.125. The first kappa shape index (κ1) is 20.4. The first-order valence-electron chi connectivity index (χ1n) is 8.02. The van der Waals surface area contributed by atoms with Crippen LogP contribution < -0.4 is 16.4 Å². The molecule has 0 bridgehead atoms. The monoisotopic (exact) mass is 355 g/mol. The molecule has 4 N–H and O–H groups in total. The number of benzene rings is 1. The highest BCUT2D eigenvalue weighted by atomic mass is 35.5. The summed E-state index contributed by atoms with van der Waals surface area (Å²) in [6, 6.07) is 7.24. The first-order valence-corrected chi connectivity index (χ1v) is 8.02. The number of hydrogen-bond donors (Lipinski definition) is 3. The molecule has 0 spiro atoms. The van der Waals surface area contributed by atoms with Gasteiger partial charge in [-0.25, -0.2) is 0 Å². The van der Waals surface area contributed by atoms with Gasteiger partial charge in [0.05, 0.1) is 0 Å². The lowest BCUT2D eigenvalue weighted by atomic mass is 10.0. The van der Waals surface area contributed by atoms with E-state index in [0.717, 1.165) is 18.4 Å². The minimum atomic E-state index is -0.356. The summed E-state index contributed by atoms with van der Waals surface area (Å²) in [6.45, 7) is 4.66. The highest BCUT2D eigenvalue weighted by Crippen LogP contribution is 2.16. The molecule has 2 amide bonds. The fourth-order valence-corrected chi connectivity index (χ4v) is 2.36. The molecule has 2 rings (SSSR count). The third-order valence-corrected chi connectivity index (χ3v) is 4.09. The maximum absolute atomic E-state index is 12.0. The number of anilines is 1. The smallest absolute Gasteiger partial charge is 0.253 e. The van der Waals surface area contributed by atoms with Crippen molar-refractivity contribution in [3.05, 3.63) is 29.8 Å². The van der Waals surface area contributed by atoms with Gasteiger partial charge in [0.1, 0.15) is 6.10 Å².